The third-order valence-electron chi connectivity index (χ3n) is 16.5. The Balaban J connectivity index is 0.831. The molecule has 1 atom stereocenters. The number of carbonyl (C=O) groups excluding carboxylic acids is 1. The number of nitro groups is 1. The van der Waals surface area contributed by atoms with Gasteiger partial charge in [-0.1, -0.05) is 38.1 Å². The number of nitro benzene ring substituents is 1. The molecule has 2 saturated heterocycles. The second kappa shape index (κ2) is 21.7. The Bertz CT molecular complexity index is 3190. The normalized spacial score (nSPS) is 21.3. The number of fused-ring (bicyclic) bond motifs is 1. The summed E-state index contributed by atoms with van der Waals surface area (Å²) in [6.45, 7) is 11.9. The predicted octanol–water partition coefficient (Wildman–Crippen LogP) is 9.58. The van der Waals surface area contributed by atoms with Crippen molar-refractivity contribution in [3.8, 4) is 23.1 Å². The SMILES string of the molecule is COc1cc(CN2CCN(C3CC4(CCN(c5ccc(C(=O)NS(=O)(=O)c6ccc(NC[C@H]7CC[C@](C)(O)CC7)c([N+](=O)[O-])c6)c(Oc6cnc7[nH]ccc7c6)c5)CC4)C3)C(c3ccccc3C(C)C)C2)cnc1OC. The monoisotopic (exact) mass is 1060 g/mol. The third kappa shape index (κ3) is 11.3. The van der Waals surface area contributed by atoms with E-state index in [0.717, 1.165) is 100 Å². The number of nitrogens with zero attached hydrogens (tertiary/aromatic N) is 6. The molecule has 2 aliphatic heterocycles. The molecule has 402 valence electrons. The molecule has 76 heavy (non-hydrogen) atoms. The van der Waals surface area contributed by atoms with Crippen LogP contribution in [0, 0.1) is 21.4 Å². The van der Waals surface area contributed by atoms with Crippen LogP contribution in [0.15, 0.2) is 102 Å². The number of hydrogen-bond acceptors (Lipinski definition) is 15. The first-order valence-electron chi connectivity index (χ1n) is 26.4. The van der Waals surface area contributed by atoms with E-state index < -0.39 is 37.0 Å². The largest absolute Gasteiger partial charge is 0.491 e. The maximum absolute atomic E-state index is 14.1. The number of aromatic nitrogens is 3. The molecule has 1 unspecified atom stereocenters. The van der Waals surface area contributed by atoms with Crippen molar-refractivity contribution in [2.45, 2.75) is 107 Å². The number of aromatic amines is 1. The van der Waals surface area contributed by atoms with Crippen molar-refractivity contribution in [2.24, 2.45) is 11.3 Å². The number of piperidine rings is 1. The van der Waals surface area contributed by atoms with E-state index >= 15 is 0 Å². The Labute approximate surface area is 444 Å². The lowest BCUT2D eigenvalue weighted by Crippen LogP contribution is -2.60. The van der Waals surface area contributed by atoms with E-state index in [0.29, 0.717) is 54.4 Å². The second-order valence-corrected chi connectivity index (χ2v) is 23.6. The molecule has 0 bridgehead atoms. The number of aliphatic hydroxyl groups is 1. The van der Waals surface area contributed by atoms with Gasteiger partial charge in [-0.25, -0.2) is 23.1 Å². The summed E-state index contributed by atoms with van der Waals surface area (Å²) in [6, 6.07) is 24.0. The molecule has 10 rings (SSSR count). The van der Waals surface area contributed by atoms with Crippen LogP contribution in [0.4, 0.5) is 17.1 Å². The van der Waals surface area contributed by atoms with Gasteiger partial charge in [-0.05, 0) is 135 Å². The third-order valence-corrected chi connectivity index (χ3v) is 17.8. The van der Waals surface area contributed by atoms with E-state index in [-0.39, 0.29) is 34.4 Å². The zero-order valence-electron chi connectivity index (χ0n) is 44.0. The predicted molar refractivity (Wildman–Crippen MR) is 291 cm³/mol. The van der Waals surface area contributed by atoms with Gasteiger partial charge in [-0.15, -0.1) is 0 Å². The smallest absolute Gasteiger partial charge is 0.293 e. The maximum Gasteiger partial charge on any atom is 0.293 e. The maximum atomic E-state index is 14.1. The van der Waals surface area contributed by atoms with E-state index in [2.05, 4.69) is 77.8 Å². The van der Waals surface area contributed by atoms with Crippen molar-refractivity contribution in [1.82, 2.24) is 29.5 Å². The van der Waals surface area contributed by atoms with Crippen molar-refractivity contribution >= 4 is 44.0 Å². The number of nitrogens with one attached hydrogen (secondary N) is 3. The standard InChI is InChI=1S/C57H69N9O9S/c1-37(2)45-8-6-7-9-46(45)50-36-63(35-39-26-52(73-4)55(74-5)61-33-39)24-25-65(50)42-30-57(31-42)19-22-64(23-20-57)41-10-12-47(51(28-41)75-43-27-40-16-21-58-53(40)60-34-43)54(67)62-76(71,72)44-11-13-48(49(29-44)66(69)70)59-32-38-14-17-56(3,68)18-15-38/h6-13,16,21,26-29,33-34,37-38,42,50,59,68H,14-15,17-20,22-25,30-32,35-36H2,1-5H3,(H,58,60)(H,62,67)/t38-,50?,56-. The number of methoxy groups -OCH3 is 2. The summed E-state index contributed by atoms with van der Waals surface area (Å²) in [5.41, 5.74) is 4.54. The Morgan fingerprint density at radius 1 is 0.921 bits per heavy atom. The molecular formula is C57H69N9O9S. The highest BCUT2D eigenvalue weighted by molar-refractivity contribution is 7.90. The molecular weight excluding hydrogens is 987 g/mol. The second-order valence-electron chi connectivity index (χ2n) is 21.9. The van der Waals surface area contributed by atoms with Crippen molar-refractivity contribution in [3.05, 3.63) is 130 Å². The van der Waals surface area contributed by atoms with Gasteiger partial charge in [0.05, 0.1) is 41.4 Å². The first-order chi connectivity index (χ1) is 36.5. The molecule has 4 aliphatic rings. The van der Waals surface area contributed by atoms with Gasteiger partial charge in [0.15, 0.2) is 5.75 Å². The lowest BCUT2D eigenvalue weighted by atomic mass is 9.59. The highest BCUT2D eigenvalue weighted by atomic mass is 32.2. The number of rotatable bonds is 17. The van der Waals surface area contributed by atoms with E-state index in [1.807, 2.05) is 31.3 Å². The van der Waals surface area contributed by atoms with Crippen LogP contribution in [0.3, 0.4) is 0 Å². The molecule has 1 amide bonds. The first kappa shape index (κ1) is 52.6. The summed E-state index contributed by atoms with van der Waals surface area (Å²) >= 11 is 0. The van der Waals surface area contributed by atoms with Crippen LogP contribution in [0.2, 0.25) is 0 Å². The quantitative estimate of drug-likeness (QED) is 0.0494. The van der Waals surface area contributed by atoms with Crippen molar-refractivity contribution in [1.29, 1.82) is 0 Å². The molecule has 2 saturated carbocycles. The van der Waals surface area contributed by atoms with E-state index in [9.17, 15) is 28.4 Å². The molecule has 5 heterocycles. The van der Waals surface area contributed by atoms with Crippen molar-refractivity contribution < 1.29 is 37.5 Å². The minimum Gasteiger partial charge on any atom is -0.491 e. The van der Waals surface area contributed by atoms with Crippen LogP contribution >= 0.6 is 0 Å². The first-order valence-corrected chi connectivity index (χ1v) is 27.9. The van der Waals surface area contributed by atoms with Crippen molar-refractivity contribution in [3.63, 3.8) is 0 Å². The molecule has 4 N–H and O–H groups in total. The Morgan fingerprint density at radius 3 is 2.43 bits per heavy atom. The van der Waals surface area contributed by atoms with Crippen LogP contribution < -0.4 is 29.1 Å². The zero-order valence-corrected chi connectivity index (χ0v) is 44.8. The highest BCUT2D eigenvalue weighted by Crippen LogP contribution is 2.53. The van der Waals surface area contributed by atoms with Crippen LogP contribution in [0.25, 0.3) is 11.0 Å². The van der Waals surface area contributed by atoms with Gasteiger partial charge in [-0.3, -0.25) is 24.7 Å². The van der Waals surface area contributed by atoms with Crippen LogP contribution in [-0.2, 0) is 16.6 Å². The summed E-state index contributed by atoms with van der Waals surface area (Å²) in [6.07, 6.45) is 12.2. The van der Waals surface area contributed by atoms with Gasteiger partial charge < -0.3 is 34.5 Å². The number of ether oxygens (including phenoxy) is 3. The topological polar surface area (TPSA) is 218 Å². The number of amides is 1. The minimum absolute atomic E-state index is 0.0369. The van der Waals surface area contributed by atoms with E-state index in [1.165, 1.54) is 29.5 Å². The summed E-state index contributed by atoms with van der Waals surface area (Å²) < 4.78 is 47.3. The van der Waals surface area contributed by atoms with Gasteiger partial charge in [0.25, 0.3) is 27.5 Å². The Kier molecular flexibility index (Phi) is 15.0. The lowest BCUT2D eigenvalue weighted by molar-refractivity contribution is -0.384. The molecule has 3 aromatic carbocycles. The van der Waals surface area contributed by atoms with Crippen molar-refractivity contribution in [2.75, 3.05) is 63.7 Å². The fourth-order valence-electron chi connectivity index (χ4n) is 12.0. The lowest BCUT2D eigenvalue weighted by Gasteiger charge is -2.58. The average Bonchev–Trinajstić information content (AvgIpc) is 3.88. The van der Waals surface area contributed by atoms with Gasteiger partial charge >= 0.3 is 0 Å². The van der Waals surface area contributed by atoms with Crippen LogP contribution in [0.5, 0.6) is 23.1 Å². The number of hydrogen-bond donors (Lipinski definition) is 4. The molecule has 1 spiro atoms. The van der Waals surface area contributed by atoms with Gasteiger partial charge in [0.2, 0.25) is 0 Å². The number of carbonyl (C=O) groups is 1. The molecule has 19 heteroatoms. The molecule has 3 aromatic heterocycles. The number of piperazine rings is 1. The number of sulfonamides is 1. The number of anilines is 2. The highest BCUT2D eigenvalue weighted by Gasteiger charge is 2.50. The molecule has 18 nitrogen and oxygen atoms in total. The zero-order chi connectivity index (χ0) is 53.4. The van der Waals surface area contributed by atoms with Crippen LogP contribution in [-0.4, -0.2) is 114 Å². The summed E-state index contributed by atoms with van der Waals surface area (Å²) in [5, 5.41) is 26.5. The van der Waals surface area contributed by atoms with Gasteiger partial charge in [-0.2, -0.15) is 0 Å². The number of benzene rings is 3. The summed E-state index contributed by atoms with van der Waals surface area (Å²) in [5.74, 6) is 1.22. The van der Waals surface area contributed by atoms with Gasteiger partial charge in [0, 0.05) is 93.5 Å². The summed E-state index contributed by atoms with van der Waals surface area (Å²) in [7, 11) is -1.36. The minimum atomic E-state index is -4.60. The molecule has 4 fully saturated rings. The number of pyridine rings is 2. The fourth-order valence-corrected chi connectivity index (χ4v) is 13.0. The fraction of sp³-hybridized carbons (Fsp3) is 0.456. The molecule has 2 aliphatic carbocycles. The molecule has 0 radical (unpaired) electrons. The van der Waals surface area contributed by atoms with Gasteiger partial charge in [0.1, 0.15) is 22.8 Å². The van der Waals surface area contributed by atoms with Crippen LogP contribution in [0.1, 0.15) is 111 Å². The van der Waals surface area contributed by atoms with E-state index in [1.54, 1.807) is 38.6 Å². The average molecular weight is 1060 g/mol. The van der Waals surface area contributed by atoms with E-state index in [4.69, 9.17) is 14.2 Å². The Hall–Kier alpha value is -6.80. The summed E-state index contributed by atoms with van der Waals surface area (Å²) in [4.78, 5) is 45.0. The number of H-pyrrole nitrogens is 1. The Morgan fingerprint density at radius 2 is 1.70 bits per heavy atom. The molecule has 6 aromatic rings.